The van der Waals surface area contributed by atoms with Crippen LogP contribution in [-0.2, 0) is 14.8 Å². The molecule has 122 valence electrons. The summed E-state index contributed by atoms with van der Waals surface area (Å²) >= 11 is 0. The van der Waals surface area contributed by atoms with Crippen molar-refractivity contribution in [2.75, 3.05) is 19.0 Å². The second-order valence-electron chi connectivity index (χ2n) is 4.77. The molecule has 0 spiro atoms. The topological polar surface area (TPSA) is 97.4 Å². The molecule has 0 bridgehead atoms. The Morgan fingerprint density at radius 2 is 2.09 bits per heavy atom. The van der Waals surface area contributed by atoms with Crippen LogP contribution in [0.15, 0.2) is 47.6 Å². The maximum Gasteiger partial charge on any atom is 0.244 e. The normalized spacial score (nSPS) is 11.0. The van der Waals surface area contributed by atoms with E-state index in [0.717, 1.165) is 5.56 Å². The molecule has 2 aromatic rings. The van der Waals surface area contributed by atoms with E-state index >= 15 is 0 Å². The Morgan fingerprint density at radius 3 is 2.74 bits per heavy atom. The highest BCUT2D eigenvalue weighted by Gasteiger charge is 2.20. The smallest absolute Gasteiger partial charge is 0.244 e. The number of nitrogens with zero attached hydrogens (tertiary/aromatic N) is 1. The molecule has 1 amide bonds. The van der Waals surface area contributed by atoms with Gasteiger partial charge in [-0.3, -0.25) is 9.78 Å². The number of carbonyl (C=O) groups excluding carboxylic acids is 1. The molecule has 1 aromatic carbocycles. The third-order valence-electron chi connectivity index (χ3n) is 2.98. The lowest BCUT2D eigenvalue weighted by molar-refractivity contribution is -0.115. The summed E-state index contributed by atoms with van der Waals surface area (Å²) in [6, 6.07) is 8.12. The predicted molar refractivity (Wildman–Crippen MR) is 85.8 cm³/mol. The SMILES string of the molecule is COc1ccc(C)cc1S(=O)(=O)NCC(=O)Nc1cccnc1. The second kappa shape index (κ2) is 7.21. The van der Waals surface area contributed by atoms with Crippen molar-refractivity contribution in [3.8, 4) is 5.75 Å². The average molecular weight is 335 g/mol. The number of aromatic nitrogens is 1. The molecule has 0 aliphatic rings. The average Bonchev–Trinajstić information content (AvgIpc) is 2.54. The van der Waals surface area contributed by atoms with Crippen LogP contribution in [0, 0.1) is 6.92 Å². The van der Waals surface area contributed by atoms with Crippen LogP contribution < -0.4 is 14.8 Å². The number of nitrogens with one attached hydrogen (secondary N) is 2. The first-order valence-corrected chi connectivity index (χ1v) is 8.25. The molecule has 1 aromatic heterocycles. The van der Waals surface area contributed by atoms with Crippen LogP contribution >= 0.6 is 0 Å². The highest BCUT2D eigenvalue weighted by Crippen LogP contribution is 2.24. The lowest BCUT2D eigenvalue weighted by Gasteiger charge is -2.11. The van der Waals surface area contributed by atoms with Crippen molar-refractivity contribution in [2.24, 2.45) is 0 Å². The quantitative estimate of drug-likeness (QED) is 0.830. The number of benzene rings is 1. The van der Waals surface area contributed by atoms with Crippen LogP contribution in [-0.4, -0.2) is 33.0 Å². The Balaban J connectivity index is 2.07. The van der Waals surface area contributed by atoms with Gasteiger partial charge in [-0.05, 0) is 36.8 Å². The van der Waals surface area contributed by atoms with Crippen molar-refractivity contribution < 1.29 is 17.9 Å². The maximum absolute atomic E-state index is 12.3. The summed E-state index contributed by atoms with van der Waals surface area (Å²) < 4.78 is 32.0. The van der Waals surface area contributed by atoms with Gasteiger partial charge in [0.15, 0.2) is 0 Å². The minimum absolute atomic E-state index is 0.00539. The van der Waals surface area contributed by atoms with E-state index in [4.69, 9.17) is 4.74 Å². The number of rotatable bonds is 6. The van der Waals surface area contributed by atoms with E-state index < -0.39 is 22.5 Å². The molecule has 0 atom stereocenters. The van der Waals surface area contributed by atoms with Crippen molar-refractivity contribution in [3.63, 3.8) is 0 Å². The zero-order valence-electron chi connectivity index (χ0n) is 12.7. The number of carbonyl (C=O) groups is 1. The second-order valence-corrected chi connectivity index (χ2v) is 6.50. The van der Waals surface area contributed by atoms with Crippen LogP contribution in [0.25, 0.3) is 0 Å². The summed E-state index contributed by atoms with van der Waals surface area (Å²) in [5.41, 5.74) is 1.26. The number of hydrogen-bond donors (Lipinski definition) is 2. The first-order chi connectivity index (χ1) is 10.9. The molecule has 0 aliphatic heterocycles. The van der Waals surface area contributed by atoms with Gasteiger partial charge in [-0.1, -0.05) is 6.07 Å². The largest absolute Gasteiger partial charge is 0.495 e. The first kappa shape index (κ1) is 16.9. The van der Waals surface area contributed by atoms with E-state index in [1.54, 1.807) is 37.4 Å². The van der Waals surface area contributed by atoms with Gasteiger partial charge in [0.2, 0.25) is 15.9 Å². The van der Waals surface area contributed by atoms with Gasteiger partial charge < -0.3 is 10.1 Å². The third-order valence-corrected chi connectivity index (χ3v) is 4.40. The van der Waals surface area contributed by atoms with Gasteiger partial charge in [-0.15, -0.1) is 0 Å². The molecular weight excluding hydrogens is 318 g/mol. The molecule has 8 heteroatoms. The van der Waals surface area contributed by atoms with Crippen LogP contribution in [0.3, 0.4) is 0 Å². The number of anilines is 1. The summed E-state index contributed by atoms with van der Waals surface area (Å²) in [6.07, 6.45) is 3.04. The van der Waals surface area contributed by atoms with Gasteiger partial charge in [0.1, 0.15) is 10.6 Å². The highest BCUT2D eigenvalue weighted by molar-refractivity contribution is 7.89. The van der Waals surface area contributed by atoms with Gasteiger partial charge in [-0.25, -0.2) is 13.1 Å². The molecule has 7 nitrogen and oxygen atoms in total. The van der Waals surface area contributed by atoms with Gasteiger partial charge in [0.05, 0.1) is 25.5 Å². The fraction of sp³-hybridized carbons (Fsp3) is 0.200. The molecule has 2 rings (SSSR count). The zero-order chi connectivity index (χ0) is 16.9. The number of pyridine rings is 1. The number of methoxy groups -OCH3 is 1. The van der Waals surface area contributed by atoms with Crippen LogP contribution in [0.1, 0.15) is 5.56 Å². The van der Waals surface area contributed by atoms with Crippen molar-refractivity contribution >= 4 is 21.6 Å². The minimum Gasteiger partial charge on any atom is -0.495 e. The molecule has 0 aliphatic carbocycles. The molecule has 0 fully saturated rings. The molecular formula is C15H17N3O4S. The fourth-order valence-corrected chi connectivity index (χ4v) is 3.11. The van der Waals surface area contributed by atoms with E-state index in [1.165, 1.54) is 19.4 Å². The van der Waals surface area contributed by atoms with E-state index in [-0.39, 0.29) is 10.6 Å². The molecule has 1 heterocycles. The van der Waals surface area contributed by atoms with Crippen LogP contribution in [0.5, 0.6) is 5.75 Å². The predicted octanol–water partition coefficient (Wildman–Crippen LogP) is 1.32. The van der Waals surface area contributed by atoms with E-state index in [0.29, 0.717) is 5.69 Å². The summed E-state index contributed by atoms with van der Waals surface area (Å²) in [5, 5.41) is 2.55. The van der Waals surface area contributed by atoms with E-state index in [9.17, 15) is 13.2 Å². The van der Waals surface area contributed by atoms with Crippen molar-refractivity contribution in [3.05, 3.63) is 48.3 Å². The third kappa shape index (κ3) is 4.51. The Morgan fingerprint density at radius 1 is 1.30 bits per heavy atom. The molecule has 0 unspecified atom stereocenters. The first-order valence-electron chi connectivity index (χ1n) is 6.76. The fourth-order valence-electron chi connectivity index (χ4n) is 1.87. The zero-order valence-corrected chi connectivity index (χ0v) is 13.6. The molecule has 0 saturated heterocycles. The van der Waals surface area contributed by atoms with Crippen molar-refractivity contribution in [1.29, 1.82) is 0 Å². The molecule has 23 heavy (non-hydrogen) atoms. The van der Waals surface area contributed by atoms with E-state index in [2.05, 4.69) is 15.0 Å². The Bertz CT molecular complexity index is 792. The molecule has 0 radical (unpaired) electrons. The number of aryl methyl sites for hydroxylation is 1. The van der Waals surface area contributed by atoms with E-state index in [1.807, 2.05) is 0 Å². The summed E-state index contributed by atoms with van der Waals surface area (Å²) in [4.78, 5) is 15.7. The van der Waals surface area contributed by atoms with Gasteiger partial charge >= 0.3 is 0 Å². The van der Waals surface area contributed by atoms with Gasteiger partial charge in [0.25, 0.3) is 0 Å². The Labute approximate surface area is 134 Å². The lowest BCUT2D eigenvalue weighted by atomic mass is 10.2. The lowest BCUT2D eigenvalue weighted by Crippen LogP contribution is -2.33. The van der Waals surface area contributed by atoms with Crippen LogP contribution in [0.4, 0.5) is 5.69 Å². The van der Waals surface area contributed by atoms with Crippen LogP contribution in [0.2, 0.25) is 0 Å². The Hall–Kier alpha value is -2.45. The Kier molecular flexibility index (Phi) is 5.30. The van der Waals surface area contributed by atoms with Gasteiger partial charge in [0, 0.05) is 6.20 Å². The summed E-state index contributed by atoms with van der Waals surface area (Å²) in [5.74, 6) is -0.274. The maximum atomic E-state index is 12.3. The van der Waals surface area contributed by atoms with Gasteiger partial charge in [-0.2, -0.15) is 0 Å². The molecule has 0 saturated carbocycles. The monoisotopic (exact) mass is 335 g/mol. The number of amides is 1. The number of ether oxygens (including phenoxy) is 1. The summed E-state index contributed by atoms with van der Waals surface area (Å²) in [7, 11) is -2.48. The summed E-state index contributed by atoms with van der Waals surface area (Å²) in [6.45, 7) is 1.38. The standard InChI is InChI=1S/C15H17N3O4S/c1-11-5-6-13(22-2)14(8-11)23(20,21)17-10-15(19)18-12-4-3-7-16-9-12/h3-9,17H,10H2,1-2H3,(H,18,19). The minimum atomic E-state index is -3.86. The van der Waals surface area contributed by atoms with Crippen molar-refractivity contribution in [1.82, 2.24) is 9.71 Å². The highest BCUT2D eigenvalue weighted by atomic mass is 32.2. The molecule has 2 N–H and O–H groups in total. The number of hydrogen-bond acceptors (Lipinski definition) is 5. The number of sulfonamides is 1. The van der Waals surface area contributed by atoms with Crippen molar-refractivity contribution in [2.45, 2.75) is 11.8 Å².